The molecule has 3 aromatic rings. The Bertz CT molecular complexity index is 1020. The minimum absolute atomic E-state index is 0.311. The molecule has 0 saturated carbocycles. The molecule has 3 rings (SSSR count). The predicted octanol–water partition coefficient (Wildman–Crippen LogP) is 3.72. The lowest BCUT2D eigenvalue weighted by molar-refractivity contribution is 0.0994. The Morgan fingerprint density at radius 1 is 1.15 bits per heavy atom. The second kappa shape index (κ2) is 7.85. The SMILES string of the molecule is COCCn1c(=NC(=O)c2ccccc2OC)sc2cc(C)c(C)cc21. The number of benzene rings is 2. The van der Waals surface area contributed by atoms with Crippen molar-refractivity contribution >= 4 is 27.5 Å². The first-order valence-electron chi connectivity index (χ1n) is 8.36. The van der Waals surface area contributed by atoms with Gasteiger partial charge in [-0.3, -0.25) is 4.79 Å². The van der Waals surface area contributed by atoms with Gasteiger partial charge in [-0.1, -0.05) is 23.5 Å². The number of ether oxygens (including phenoxy) is 2. The van der Waals surface area contributed by atoms with E-state index in [1.165, 1.54) is 22.5 Å². The molecule has 26 heavy (non-hydrogen) atoms. The summed E-state index contributed by atoms with van der Waals surface area (Å²) in [5, 5.41) is 0. The van der Waals surface area contributed by atoms with Crippen molar-refractivity contribution in [2.75, 3.05) is 20.8 Å². The molecule has 136 valence electrons. The van der Waals surface area contributed by atoms with Gasteiger partial charge in [0.1, 0.15) is 5.75 Å². The van der Waals surface area contributed by atoms with Crippen molar-refractivity contribution in [1.82, 2.24) is 4.57 Å². The van der Waals surface area contributed by atoms with E-state index in [-0.39, 0.29) is 5.91 Å². The Kier molecular flexibility index (Phi) is 5.54. The fraction of sp³-hybridized carbons (Fsp3) is 0.300. The highest BCUT2D eigenvalue weighted by Crippen LogP contribution is 2.23. The Hall–Kier alpha value is -2.44. The number of carbonyl (C=O) groups excluding carboxylic acids is 1. The standard InChI is InChI=1S/C20H22N2O3S/c1-13-11-16-18(12-14(13)2)26-20(22(16)9-10-24-3)21-19(23)15-7-5-6-8-17(15)25-4/h5-8,11-12H,9-10H2,1-4H3. The second-order valence-corrected chi connectivity index (χ2v) is 7.06. The first-order valence-corrected chi connectivity index (χ1v) is 9.18. The van der Waals surface area contributed by atoms with Gasteiger partial charge in [-0.25, -0.2) is 0 Å². The summed E-state index contributed by atoms with van der Waals surface area (Å²) in [5.41, 5.74) is 3.96. The molecule has 0 aliphatic heterocycles. The number of rotatable bonds is 5. The highest BCUT2D eigenvalue weighted by Gasteiger charge is 2.13. The zero-order chi connectivity index (χ0) is 18.7. The molecule has 0 radical (unpaired) electrons. The van der Waals surface area contributed by atoms with E-state index >= 15 is 0 Å². The van der Waals surface area contributed by atoms with E-state index in [1.54, 1.807) is 26.4 Å². The zero-order valence-electron chi connectivity index (χ0n) is 15.4. The largest absolute Gasteiger partial charge is 0.496 e. The average molecular weight is 370 g/mol. The molecule has 0 aliphatic carbocycles. The third-order valence-electron chi connectivity index (χ3n) is 4.35. The summed E-state index contributed by atoms with van der Waals surface area (Å²) in [5.74, 6) is 0.214. The minimum Gasteiger partial charge on any atom is -0.496 e. The van der Waals surface area contributed by atoms with E-state index in [2.05, 4.69) is 31.0 Å². The first kappa shape index (κ1) is 18.4. The number of hydrogen-bond donors (Lipinski definition) is 0. The molecule has 0 fully saturated rings. The van der Waals surface area contributed by atoms with Crippen LogP contribution in [0.15, 0.2) is 41.4 Å². The molecule has 0 bridgehead atoms. The van der Waals surface area contributed by atoms with Gasteiger partial charge < -0.3 is 14.0 Å². The maximum absolute atomic E-state index is 12.7. The van der Waals surface area contributed by atoms with E-state index in [1.807, 2.05) is 16.7 Å². The van der Waals surface area contributed by atoms with Crippen LogP contribution in [0.2, 0.25) is 0 Å². The van der Waals surface area contributed by atoms with Gasteiger partial charge in [0.05, 0.1) is 29.5 Å². The van der Waals surface area contributed by atoms with Crippen LogP contribution in [0.3, 0.4) is 0 Å². The monoisotopic (exact) mass is 370 g/mol. The van der Waals surface area contributed by atoms with Gasteiger partial charge in [-0.2, -0.15) is 4.99 Å². The normalized spacial score (nSPS) is 11.9. The van der Waals surface area contributed by atoms with Gasteiger partial charge in [0.15, 0.2) is 4.80 Å². The number of thiazole rings is 1. The number of fused-ring (bicyclic) bond motifs is 1. The Morgan fingerprint density at radius 3 is 2.62 bits per heavy atom. The van der Waals surface area contributed by atoms with Gasteiger partial charge in [-0.15, -0.1) is 0 Å². The van der Waals surface area contributed by atoms with Crippen LogP contribution in [0, 0.1) is 13.8 Å². The number of nitrogens with zero attached hydrogens (tertiary/aromatic N) is 2. The highest BCUT2D eigenvalue weighted by molar-refractivity contribution is 7.16. The molecule has 2 aromatic carbocycles. The molecule has 0 unspecified atom stereocenters. The van der Waals surface area contributed by atoms with E-state index in [4.69, 9.17) is 9.47 Å². The molecule has 1 amide bonds. The van der Waals surface area contributed by atoms with Crippen LogP contribution >= 0.6 is 11.3 Å². The van der Waals surface area contributed by atoms with Gasteiger partial charge >= 0.3 is 0 Å². The number of methoxy groups -OCH3 is 2. The average Bonchev–Trinajstić information content (AvgIpc) is 2.96. The summed E-state index contributed by atoms with van der Waals surface area (Å²) in [6.07, 6.45) is 0. The van der Waals surface area contributed by atoms with Crippen LogP contribution < -0.4 is 9.54 Å². The quantitative estimate of drug-likeness (QED) is 0.688. The van der Waals surface area contributed by atoms with Crippen molar-refractivity contribution in [3.05, 3.63) is 57.9 Å². The van der Waals surface area contributed by atoms with Gasteiger partial charge in [0.2, 0.25) is 0 Å². The van der Waals surface area contributed by atoms with Gasteiger partial charge in [0, 0.05) is 13.7 Å². The van der Waals surface area contributed by atoms with E-state index in [9.17, 15) is 4.79 Å². The number of aryl methyl sites for hydroxylation is 2. The van der Waals surface area contributed by atoms with Crippen LogP contribution in [-0.2, 0) is 11.3 Å². The maximum Gasteiger partial charge on any atom is 0.283 e. The van der Waals surface area contributed by atoms with E-state index < -0.39 is 0 Å². The summed E-state index contributed by atoms with van der Waals surface area (Å²) >= 11 is 1.51. The minimum atomic E-state index is -0.311. The molecular formula is C20H22N2O3S. The third kappa shape index (κ3) is 3.57. The Balaban J connectivity index is 2.16. The van der Waals surface area contributed by atoms with Crippen molar-refractivity contribution in [3.63, 3.8) is 0 Å². The van der Waals surface area contributed by atoms with Crippen molar-refractivity contribution in [2.45, 2.75) is 20.4 Å². The molecule has 0 N–H and O–H groups in total. The lowest BCUT2D eigenvalue weighted by Crippen LogP contribution is -2.19. The van der Waals surface area contributed by atoms with Crippen LogP contribution in [0.1, 0.15) is 21.5 Å². The molecule has 0 saturated heterocycles. The maximum atomic E-state index is 12.7. The molecular weight excluding hydrogens is 348 g/mol. The third-order valence-corrected chi connectivity index (χ3v) is 5.39. The number of hydrogen-bond acceptors (Lipinski definition) is 4. The molecule has 0 atom stereocenters. The summed E-state index contributed by atoms with van der Waals surface area (Å²) < 4.78 is 13.7. The van der Waals surface area contributed by atoms with Crippen LogP contribution in [0.5, 0.6) is 5.75 Å². The number of carbonyl (C=O) groups is 1. The molecule has 1 aromatic heterocycles. The predicted molar refractivity (Wildman–Crippen MR) is 104 cm³/mol. The smallest absolute Gasteiger partial charge is 0.283 e. The van der Waals surface area contributed by atoms with E-state index in [0.29, 0.717) is 29.3 Å². The second-order valence-electron chi connectivity index (χ2n) is 6.05. The Labute approximate surface area is 156 Å². The van der Waals surface area contributed by atoms with Crippen LogP contribution in [-0.4, -0.2) is 31.3 Å². The zero-order valence-corrected chi connectivity index (χ0v) is 16.2. The van der Waals surface area contributed by atoms with Crippen molar-refractivity contribution in [2.24, 2.45) is 4.99 Å². The number of amides is 1. The van der Waals surface area contributed by atoms with Gasteiger partial charge in [-0.05, 0) is 49.2 Å². The molecule has 0 spiro atoms. The lowest BCUT2D eigenvalue weighted by atomic mass is 10.1. The molecule has 6 heteroatoms. The summed E-state index contributed by atoms with van der Waals surface area (Å²) in [6, 6.07) is 11.4. The fourth-order valence-corrected chi connectivity index (χ4v) is 3.91. The van der Waals surface area contributed by atoms with Crippen molar-refractivity contribution < 1.29 is 14.3 Å². The molecule has 5 nitrogen and oxygen atoms in total. The van der Waals surface area contributed by atoms with Crippen molar-refractivity contribution in [3.8, 4) is 5.75 Å². The van der Waals surface area contributed by atoms with Crippen LogP contribution in [0.25, 0.3) is 10.2 Å². The Morgan fingerprint density at radius 2 is 1.88 bits per heavy atom. The van der Waals surface area contributed by atoms with Crippen LogP contribution in [0.4, 0.5) is 0 Å². The van der Waals surface area contributed by atoms with Crippen molar-refractivity contribution in [1.29, 1.82) is 0 Å². The number of aromatic nitrogens is 1. The number of para-hydroxylation sites is 1. The molecule has 0 aliphatic rings. The highest BCUT2D eigenvalue weighted by atomic mass is 32.1. The van der Waals surface area contributed by atoms with E-state index in [0.717, 1.165) is 10.2 Å². The summed E-state index contributed by atoms with van der Waals surface area (Å²) in [7, 11) is 3.22. The summed E-state index contributed by atoms with van der Waals surface area (Å²) in [6.45, 7) is 5.36. The van der Waals surface area contributed by atoms with Gasteiger partial charge in [0.25, 0.3) is 5.91 Å². The summed E-state index contributed by atoms with van der Waals surface area (Å²) in [4.78, 5) is 17.8. The topological polar surface area (TPSA) is 52.8 Å². The molecule has 1 heterocycles. The lowest BCUT2D eigenvalue weighted by Gasteiger charge is -2.06. The fourth-order valence-electron chi connectivity index (χ4n) is 2.77. The first-order chi connectivity index (χ1) is 12.5.